The minimum absolute atomic E-state index is 5.34. The van der Waals surface area contributed by atoms with Gasteiger partial charge in [0.15, 0.2) is 10.7 Å². The van der Waals surface area contributed by atoms with Crippen LogP contribution in [0.2, 0.25) is 0 Å². The zero-order valence-electron chi connectivity index (χ0n) is 5.41. The van der Waals surface area contributed by atoms with Gasteiger partial charge < -0.3 is 0 Å². The average Bonchev–Trinajstić information content (AvgIpc) is 1.80. The Hall–Kier alpha value is -0.540. The molecule has 0 aliphatic rings. The van der Waals surface area contributed by atoms with E-state index in [9.17, 15) is 39.2 Å². The van der Waals surface area contributed by atoms with Crippen molar-refractivity contribution in [2.45, 2.75) is 17.4 Å². The van der Waals surface area contributed by atoms with Crippen molar-refractivity contribution in [3.8, 4) is 0 Å². The Morgan fingerprint density at radius 1 is 0.692 bits per heavy atom. The summed E-state index contributed by atoms with van der Waals surface area (Å²) in [6.45, 7) is 0. The highest BCUT2D eigenvalue weighted by Crippen LogP contribution is 2.46. The number of hydrogen-bond acceptors (Lipinski definition) is 2. The minimum atomic E-state index is -6.53. The van der Waals surface area contributed by atoms with E-state index >= 15 is 0 Å². The maximum absolute atomic E-state index is 12.1. The zero-order valence-corrected chi connectivity index (χ0v) is 6.30. The summed E-state index contributed by atoms with van der Waals surface area (Å²) in [5, 5.41) is -6.17. The lowest BCUT2D eigenvalue weighted by atomic mass is 10.3. The van der Waals surface area contributed by atoms with E-state index < -0.39 is 28.1 Å². The highest BCUT2D eigenvalue weighted by atomic mass is 32.2. The van der Waals surface area contributed by atoms with E-state index in [4.69, 9.17) is 0 Å². The number of halogens is 7. The Kier molecular flexibility index (Phi) is 2.87. The van der Waals surface area contributed by atoms with E-state index in [-0.39, 0.29) is 0 Å². The van der Waals surface area contributed by atoms with E-state index in [1.165, 1.54) is 0 Å². The molecule has 0 saturated heterocycles. The average molecular weight is 234 g/mol. The van der Waals surface area contributed by atoms with Crippen molar-refractivity contribution in [3.05, 3.63) is 0 Å². The third-order valence-corrected chi connectivity index (χ3v) is 2.01. The van der Waals surface area contributed by atoms with Gasteiger partial charge in [-0.2, -0.15) is 26.3 Å². The van der Waals surface area contributed by atoms with Gasteiger partial charge in [-0.05, 0) is 0 Å². The third kappa shape index (κ3) is 1.86. The van der Waals surface area contributed by atoms with Gasteiger partial charge in [0.1, 0.15) is 0 Å². The first kappa shape index (κ1) is 12.5. The van der Waals surface area contributed by atoms with Gasteiger partial charge in [0.25, 0.3) is 0 Å². The fourth-order valence-corrected chi connectivity index (χ4v) is 0.782. The van der Waals surface area contributed by atoms with Crippen LogP contribution in [-0.2, 0) is 10.7 Å². The molecular weight excluding hydrogens is 233 g/mol. The monoisotopic (exact) mass is 234 g/mol. The van der Waals surface area contributed by atoms with Crippen LogP contribution in [0.25, 0.3) is 0 Å². The van der Waals surface area contributed by atoms with Gasteiger partial charge in [-0.1, -0.05) is 0 Å². The second kappa shape index (κ2) is 3.00. The van der Waals surface area contributed by atoms with Gasteiger partial charge in [0.05, 0.1) is 0 Å². The van der Waals surface area contributed by atoms with Crippen LogP contribution in [0.1, 0.15) is 0 Å². The summed E-state index contributed by atoms with van der Waals surface area (Å²) in [4.78, 5) is 0. The number of alkyl halides is 7. The summed E-state index contributed by atoms with van der Waals surface area (Å²) in [6, 6.07) is 0. The van der Waals surface area contributed by atoms with Crippen molar-refractivity contribution in [1.82, 2.24) is 0 Å². The molecule has 13 heavy (non-hydrogen) atoms. The molecule has 0 rings (SSSR count). The Morgan fingerprint density at radius 3 is 0.923 bits per heavy atom. The maximum Gasteiger partial charge on any atom is 0.446 e. The van der Waals surface area contributed by atoms with Crippen LogP contribution in [-0.4, -0.2) is 25.8 Å². The zero-order chi connectivity index (χ0) is 11.1. The van der Waals surface area contributed by atoms with Crippen LogP contribution in [0.5, 0.6) is 0 Å². The summed E-state index contributed by atoms with van der Waals surface area (Å²) in [5.41, 5.74) is 0. The molecule has 10 heteroatoms. The van der Waals surface area contributed by atoms with Crippen LogP contribution in [0.4, 0.5) is 30.7 Å². The van der Waals surface area contributed by atoms with Crippen molar-refractivity contribution in [3.63, 3.8) is 0 Å². The Labute approximate surface area is 68.3 Å². The fraction of sp³-hybridized carbons (Fsp3) is 1.00. The maximum atomic E-state index is 12.1. The standard InChI is InChI=1S/C3HF7O2S/c4-1(13(11)12,2(5,6)7)3(8,9)10/h13H. The largest absolute Gasteiger partial charge is 0.446 e. The lowest BCUT2D eigenvalue weighted by molar-refractivity contribution is -0.304. The van der Waals surface area contributed by atoms with E-state index in [0.717, 1.165) is 0 Å². The third-order valence-electron chi connectivity index (χ3n) is 1.00. The van der Waals surface area contributed by atoms with Gasteiger partial charge in [-0.3, -0.25) is 0 Å². The number of hydrogen-bond donors (Lipinski definition) is 1. The van der Waals surface area contributed by atoms with Crippen LogP contribution >= 0.6 is 0 Å². The van der Waals surface area contributed by atoms with Crippen LogP contribution in [0.15, 0.2) is 0 Å². The van der Waals surface area contributed by atoms with Crippen LogP contribution in [0.3, 0.4) is 0 Å². The van der Waals surface area contributed by atoms with E-state index in [1.807, 2.05) is 0 Å². The molecule has 80 valence electrons. The molecule has 0 N–H and O–H groups in total. The summed E-state index contributed by atoms with van der Waals surface area (Å²) in [7, 11) is -5.34. The molecule has 0 spiro atoms. The summed E-state index contributed by atoms with van der Waals surface area (Å²) in [5.74, 6) is 0. The van der Waals surface area contributed by atoms with Crippen molar-refractivity contribution in [2.24, 2.45) is 0 Å². The molecule has 0 aromatic rings. The van der Waals surface area contributed by atoms with Crippen molar-refractivity contribution in [2.75, 3.05) is 0 Å². The van der Waals surface area contributed by atoms with Crippen molar-refractivity contribution in [1.29, 1.82) is 0 Å². The molecule has 0 aliphatic carbocycles. The lowest BCUT2D eigenvalue weighted by Gasteiger charge is -2.23. The molecule has 2 nitrogen and oxygen atoms in total. The molecular formula is C3HF7O2S. The highest BCUT2D eigenvalue weighted by molar-refractivity contribution is 7.74. The molecule has 0 unspecified atom stereocenters. The SMILES string of the molecule is O=[SH](=O)C(F)(C(F)(F)F)C(F)(F)F. The minimum Gasteiger partial charge on any atom is -0.228 e. The van der Waals surface area contributed by atoms with Gasteiger partial charge in [-0.15, -0.1) is 0 Å². The predicted octanol–water partition coefficient (Wildman–Crippen LogP) is 1.39. The molecule has 0 bridgehead atoms. The van der Waals surface area contributed by atoms with Crippen LogP contribution in [0, 0.1) is 0 Å². The molecule has 0 aromatic heterocycles. The van der Waals surface area contributed by atoms with E-state index in [1.54, 1.807) is 0 Å². The molecule has 0 saturated carbocycles. The topological polar surface area (TPSA) is 34.1 Å². The smallest absolute Gasteiger partial charge is 0.228 e. The van der Waals surface area contributed by atoms with Crippen LogP contribution < -0.4 is 0 Å². The highest BCUT2D eigenvalue weighted by Gasteiger charge is 2.76. The summed E-state index contributed by atoms with van der Waals surface area (Å²) < 4.78 is 99.4. The first-order valence-corrected chi connectivity index (χ1v) is 3.59. The van der Waals surface area contributed by atoms with Gasteiger partial charge >= 0.3 is 17.4 Å². The van der Waals surface area contributed by atoms with Gasteiger partial charge in [0, 0.05) is 0 Å². The second-order valence-electron chi connectivity index (χ2n) is 1.87. The number of rotatable bonds is 1. The predicted molar refractivity (Wildman–Crippen MR) is 26.3 cm³/mol. The Morgan fingerprint density at radius 2 is 0.923 bits per heavy atom. The molecule has 0 radical (unpaired) electrons. The summed E-state index contributed by atoms with van der Waals surface area (Å²) in [6.07, 6.45) is -13.1. The molecule has 0 heterocycles. The normalized spacial score (nSPS) is 15.1. The first-order valence-electron chi connectivity index (χ1n) is 2.41. The fourth-order valence-electron chi connectivity index (χ4n) is 0.368. The van der Waals surface area contributed by atoms with E-state index in [2.05, 4.69) is 0 Å². The molecule has 0 aromatic carbocycles. The van der Waals surface area contributed by atoms with Crippen molar-refractivity contribution < 1.29 is 39.2 Å². The quantitative estimate of drug-likeness (QED) is 0.549. The summed E-state index contributed by atoms with van der Waals surface area (Å²) >= 11 is 0. The van der Waals surface area contributed by atoms with Gasteiger partial charge in [0.2, 0.25) is 0 Å². The lowest BCUT2D eigenvalue weighted by Crippen LogP contribution is -2.54. The Bertz CT molecular complexity index is 238. The molecule has 0 fully saturated rings. The van der Waals surface area contributed by atoms with Crippen molar-refractivity contribution >= 4 is 10.7 Å². The van der Waals surface area contributed by atoms with Gasteiger partial charge in [-0.25, -0.2) is 12.8 Å². The first-order chi connectivity index (χ1) is 5.44. The second-order valence-corrected chi connectivity index (χ2v) is 3.01. The Balaban J connectivity index is 5.49. The molecule has 0 aliphatic heterocycles. The number of thiol groups is 1. The molecule has 0 amide bonds. The molecule has 0 atom stereocenters. The van der Waals surface area contributed by atoms with E-state index in [0.29, 0.717) is 0 Å².